The molecular formula is C20H17Br2Cl2N3OSe. The second kappa shape index (κ2) is 9.29. The molecule has 1 fully saturated rings. The van der Waals surface area contributed by atoms with Crippen molar-refractivity contribution in [2.45, 2.75) is 38.1 Å². The van der Waals surface area contributed by atoms with E-state index < -0.39 is 0 Å². The number of hydrogen-bond acceptors (Lipinski definition) is 2. The van der Waals surface area contributed by atoms with E-state index in [0.717, 1.165) is 39.2 Å². The van der Waals surface area contributed by atoms with E-state index in [0.29, 0.717) is 25.9 Å². The Kier molecular flexibility index (Phi) is 6.94. The first-order valence-electron chi connectivity index (χ1n) is 9.24. The molecule has 2 heterocycles. The van der Waals surface area contributed by atoms with Crippen LogP contribution in [-0.4, -0.2) is 36.2 Å². The van der Waals surface area contributed by atoms with Crippen LogP contribution in [0.1, 0.15) is 42.6 Å². The number of benzene rings is 1. The van der Waals surface area contributed by atoms with Gasteiger partial charge < -0.3 is 0 Å². The topological polar surface area (TPSA) is 46.9 Å². The minimum atomic E-state index is -0.160. The third kappa shape index (κ3) is 4.70. The molecule has 4 nitrogen and oxygen atoms in total. The number of rotatable bonds is 4. The number of aromatic nitrogens is 2. The minimum absolute atomic E-state index is 0.0936. The molecule has 0 bridgehead atoms. The monoisotopic (exact) mass is 623 g/mol. The zero-order chi connectivity index (χ0) is 20.5. The summed E-state index contributed by atoms with van der Waals surface area (Å²) in [5.41, 5.74) is 1.90. The van der Waals surface area contributed by atoms with E-state index in [9.17, 15) is 4.79 Å². The van der Waals surface area contributed by atoms with Crippen LogP contribution in [0.25, 0.3) is 15.8 Å². The molecule has 152 valence electrons. The Labute approximate surface area is 202 Å². The van der Waals surface area contributed by atoms with Crippen molar-refractivity contribution in [3.05, 3.63) is 53.9 Å². The van der Waals surface area contributed by atoms with Crippen molar-refractivity contribution >= 4 is 75.5 Å². The number of amides is 1. The molecule has 0 saturated heterocycles. The maximum absolute atomic E-state index is 13.0. The van der Waals surface area contributed by atoms with Crippen LogP contribution in [0.4, 0.5) is 0 Å². The van der Waals surface area contributed by atoms with Gasteiger partial charge in [-0.15, -0.1) is 0 Å². The number of hydrogen-bond donors (Lipinski definition) is 1. The van der Waals surface area contributed by atoms with E-state index in [1.165, 1.54) is 6.42 Å². The van der Waals surface area contributed by atoms with E-state index in [1.54, 1.807) is 16.8 Å². The number of nitrogens with one attached hydrogen (secondary N) is 1. The van der Waals surface area contributed by atoms with Crippen molar-refractivity contribution < 1.29 is 4.79 Å². The van der Waals surface area contributed by atoms with Gasteiger partial charge in [0.1, 0.15) is 0 Å². The summed E-state index contributed by atoms with van der Waals surface area (Å²) in [5, 5.41) is 8.85. The zero-order valence-corrected chi connectivity index (χ0v) is 21.6. The van der Waals surface area contributed by atoms with Gasteiger partial charge in [-0.05, 0) is 0 Å². The van der Waals surface area contributed by atoms with Gasteiger partial charge in [0, 0.05) is 0 Å². The van der Waals surface area contributed by atoms with Gasteiger partial charge in [0.25, 0.3) is 0 Å². The molecule has 1 N–H and O–H groups in total. The molecule has 1 amide bonds. The van der Waals surface area contributed by atoms with Crippen molar-refractivity contribution in [1.82, 2.24) is 15.1 Å². The Bertz CT molecular complexity index is 1060. The summed E-state index contributed by atoms with van der Waals surface area (Å²) in [6, 6.07) is 9.57. The van der Waals surface area contributed by atoms with Crippen LogP contribution in [0.15, 0.2) is 38.2 Å². The molecule has 1 aliphatic rings. The first kappa shape index (κ1) is 21.7. The van der Waals surface area contributed by atoms with Crippen LogP contribution >= 0.6 is 55.1 Å². The molecule has 1 aliphatic carbocycles. The van der Waals surface area contributed by atoms with Crippen LogP contribution in [0.2, 0.25) is 10.0 Å². The van der Waals surface area contributed by atoms with E-state index in [2.05, 4.69) is 48.3 Å². The van der Waals surface area contributed by atoms with Gasteiger partial charge in [0.15, 0.2) is 0 Å². The second-order valence-corrected chi connectivity index (χ2v) is 12.9. The van der Waals surface area contributed by atoms with E-state index in [4.69, 9.17) is 23.2 Å². The zero-order valence-electron chi connectivity index (χ0n) is 15.2. The van der Waals surface area contributed by atoms with Gasteiger partial charge in [0.05, 0.1) is 0 Å². The van der Waals surface area contributed by atoms with Gasteiger partial charge in [-0.2, -0.15) is 0 Å². The molecule has 4 rings (SSSR count). The van der Waals surface area contributed by atoms with E-state index >= 15 is 0 Å². The molecule has 0 unspecified atom stereocenters. The number of nitrogens with zero attached hydrogens (tertiary/aromatic N) is 2. The van der Waals surface area contributed by atoms with Crippen LogP contribution in [-0.2, 0) is 0 Å². The number of carbonyl (C=O) groups is 1. The summed E-state index contributed by atoms with van der Waals surface area (Å²) in [6.45, 7) is 0. The van der Waals surface area contributed by atoms with Crippen molar-refractivity contribution in [2.75, 3.05) is 0 Å². The summed E-state index contributed by atoms with van der Waals surface area (Å²) in [5.74, 6) is -0.160. The average Bonchev–Trinajstić information content (AvgIpc) is 3.25. The third-order valence-electron chi connectivity index (χ3n) is 4.93. The Hall–Kier alpha value is -0.561. The molecule has 0 spiro atoms. The van der Waals surface area contributed by atoms with Crippen molar-refractivity contribution in [2.24, 2.45) is 0 Å². The molecule has 9 heteroatoms. The molecule has 0 atom stereocenters. The Morgan fingerprint density at radius 3 is 2.55 bits per heavy atom. The third-order valence-corrected chi connectivity index (χ3v) is 9.17. The van der Waals surface area contributed by atoms with E-state index in [-0.39, 0.29) is 26.5 Å². The summed E-state index contributed by atoms with van der Waals surface area (Å²) in [6.07, 6.45) is 5.58. The second-order valence-electron chi connectivity index (χ2n) is 6.93. The summed E-state index contributed by atoms with van der Waals surface area (Å²) in [4.78, 5) is 13.0. The standard InChI is InChI=1S/C20H17Br2Cl2N3OSe/c21-16-9-8-15(29-16)19-17(22)18(20(28)25-12-4-2-1-3-5-12)26-27(19)14-7-6-11(23)10-13(14)24/h6-10,12H,1-5H2,(H,25,28). The maximum atomic E-state index is 13.0. The van der Waals surface area contributed by atoms with Crippen LogP contribution in [0.3, 0.4) is 0 Å². The Morgan fingerprint density at radius 2 is 1.90 bits per heavy atom. The SMILES string of the molecule is O=C(NC1CCCCC1)c1nn(-c2ccc(Cl)cc2Cl)c(-c2ccc(Br)[se]2)c1Br. The average molecular weight is 625 g/mol. The fourth-order valence-corrected chi connectivity index (χ4v) is 7.60. The molecule has 1 aromatic carbocycles. The molecule has 1 saturated carbocycles. The van der Waals surface area contributed by atoms with Gasteiger partial charge in [0.2, 0.25) is 0 Å². The van der Waals surface area contributed by atoms with Crippen molar-refractivity contribution in [1.29, 1.82) is 0 Å². The predicted molar refractivity (Wildman–Crippen MR) is 126 cm³/mol. The fourth-order valence-electron chi connectivity index (χ4n) is 3.53. The molecule has 3 aromatic rings. The van der Waals surface area contributed by atoms with Crippen LogP contribution < -0.4 is 5.32 Å². The quantitative estimate of drug-likeness (QED) is 0.338. The molecule has 0 radical (unpaired) electrons. The Morgan fingerprint density at radius 1 is 1.14 bits per heavy atom. The molecular weight excluding hydrogens is 608 g/mol. The first-order valence-corrected chi connectivity index (χ1v) is 13.3. The summed E-state index contributed by atoms with van der Waals surface area (Å²) in [7, 11) is 0. The fraction of sp³-hybridized carbons (Fsp3) is 0.300. The van der Waals surface area contributed by atoms with Gasteiger partial charge >= 0.3 is 203 Å². The van der Waals surface area contributed by atoms with Gasteiger partial charge in [-0.3, -0.25) is 0 Å². The van der Waals surface area contributed by atoms with E-state index in [1.807, 2.05) is 12.1 Å². The van der Waals surface area contributed by atoms with Gasteiger partial charge in [-0.25, -0.2) is 0 Å². The Balaban J connectivity index is 1.79. The first-order chi connectivity index (χ1) is 13.9. The molecule has 0 aliphatic heterocycles. The number of halogens is 4. The molecule has 29 heavy (non-hydrogen) atoms. The van der Waals surface area contributed by atoms with Crippen LogP contribution in [0.5, 0.6) is 0 Å². The summed E-state index contributed by atoms with van der Waals surface area (Å²) < 4.78 is 4.66. The van der Waals surface area contributed by atoms with Crippen molar-refractivity contribution in [3.63, 3.8) is 0 Å². The van der Waals surface area contributed by atoms with Gasteiger partial charge in [-0.1, -0.05) is 0 Å². The number of carbonyl (C=O) groups excluding carboxylic acids is 1. The molecule has 2 aromatic heterocycles. The van der Waals surface area contributed by atoms with Crippen LogP contribution in [0, 0.1) is 0 Å². The summed E-state index contributed by atoms with van der Waals surface area (Å²) >= 11 is 19.9. The van der Waals surface area contributed by atoms with Crippen molar-refractivity contribution in [3.8, 4) is 15.8 Å². The normalized spacial score (nSPS) is 14.9. The predicted octanol–water partition coefficient (Wildman–Crippen LogP) is 6.49.